The van der Waals surface area contributed by atoms with Crippen LogP contribution in [-0.2, 0) is 9.59 Å². The van der Waals surface area contributed by atoms with E-state index in [0.29, 0.717) is 6.42 Å². The molecule has 0 aliphatic rings. The van der Waals surface area contributed by atoms with Crippen molar-refractivity contribution < 1.29 is 19.5 Å². The summed E-state index contributed by atoms with van der Waals surface area (Å²) in [5.41, 5.74) is 2.14. The van der Waals surface area contributed by atoms with E-state index in [-0.39, 0.29) is 12.2 Å². The topological polar surface area (TPSA) is 115 Å². The molecule has 3 rings (SSSR count). The van der Waals surface area contributed by atoms with Crippen molar-refractivity contribution in [3.8, 4) is 11.1 Å². The SMILES string of the molecule is CCCC[C@@H](C(=O)C(=O)Nc1ccn[nH]1)N(C(=O)O)[C@@H](c1cccc(-c2ccccc2)c1)C(C)(C)C. The number of hydrogen-bond donors (Lipinski definition) is 3. The number of rotatable bonds is 10. The average molecular weight is 491 g/mol. The van der Waals surface area contributed by atoms with Gasteiger partial charge in [-0.3, -0.25) is 19.6 Å². The van der Waals surface area contributed by atoms with Crippen LogP contribution in [0, 0.1) is 5.41 Å². The van der Waals surface area contributed by atoms with Crippen molar-refractivity contribution in [2.24, 2.45) is 5.41 Å². The van der Waals surface area contributed by atoms with E-state index in [1.165, 1.54) is 17.2 Å². The van der Waals surface area contributed by atoms with Crippen LogP contribution in [0.15, 0.2) is 66.9 Å². The molecule has 2 atom stereocenters. The number of H-pyrrole nitrogens is 1. The Bertz CT molecular complexity index is 1170. The van der Waals surface area contributed by atoms with E-state index in [0.717, 1.165) is 23.1 Å². The summed E-state index contributed by atoms with van der Waals surface area (Å²) in [7, 11) is 0. The van der Waals surface area contributed by atoms with Crippen molar-refractivity contribution in [1.82, 2.24) is 15.1 Å². The number of unbranched alkanes of at least 4 members (excludes halogenated alkanes) is 1. The first-order valence-electron chi connectivity index (χ1n) is 12.1. The fraction of sp³-hybridized carbons (Fsp3) is 0.357. The fourth-order valence-electron chi connectivity index (χ4n) is 4.48. The quantitative estimate of drug-likeness (QED) is 0.306. The highest BCUT2D eigenvalue weighted by Crippen LogP contribution is 2.41. The molecule has 2 aromatic carbocycles. The Kier molecular flexibility index (Phi) is 8.64. The number of anilines is 1. The Morgan fingerprint density at radius 3 is 2.31 bits per heavy atom. The number of carboxylic acid groups (broad SMARTS) is 1. The standard InChI is InChI=1S/C28H34N4O4/c1-5-6-15-22(24(33)26(34)30-23-16-17-29-31-23)32(27(35)36)25(28(2,3)4)21-14-10-13-20(18-21)19-11-8-7-9-12-19/h7-14,16-18,22,25H,5-6,15H2,1-4H3,(H,35,36)(H2,29,30,31,34)/t22-,25-/m0/s1. The summed E-state index contributed by atoms with van der Waals surface area (Å²) < 4.78 is 0. The third-order valence-electron chi connectivity index (χ3n) is 6.07. The Morgan fingerprint density at radius 1 is 1.03 bits per heavy atom. The molecule has 8 heteroatoms. The maximum absolute atomic E-state index is 13.4. The molecule has 0 saturated carbocycles. The van der Waals surface area contributed by atoms with Gasteiger partial charge in [-0.05, 0) is 34.6 Å². The van der Waals surface area contributed by atoms with Crippen LogP contribution < -0.4 is 5.32 Å². The molecule has 8 nitrogen and oxygen atoms in total. The van der Waals surface area contributed by atoms with Gasteiger partial charge < -0.3 is 10.4 Å². The van der Waals surface area contributed by atoms with Gasteiger partial charge in [-0.25, -0.2) is 4.79 Å². The van der Waals surface area contributed by atoms with Crippen molar-refractivity contribution in [2.75, 3.05) is 5.32 Å². The highest BCUT2D eigenvalue weighted by atomic mass is 16.4. The van der Waals surface area contributed by atoms with Gasteiger partial charge in [0.25, 0.3) is 5.91 Å². The first kappa shape index (κ1) is 26.7. The first-order valence-corrected chi connectivity index (χ1v) is 12.1. The molecule has 2 amide bonds. The van der Waals surface area contributed by atoms with E-state index in [1.54, 1.807) is 0 Å². The van der Waals surface area contributed by atoms with Crippen molar-refractivity contribution in [3.05, 3.63) is 72.4 Å². The molecule has 0 fully saturated rings. The maximum Gasteiger partial charge on any atom is 0.408 e. The maximum atomic E-state index is 13.4. The second kappa shape index (κ2) is 11.7. The van der Waals surface area contributed by atoms with E-state index >= 15 is 0 Å². The van der Waals surface area contributed by atoms with Gasteiger partial charge in [0.15, 0.2) is 0 Å². The minimum Gasteiger partial charge on any atom is -0.465 e. The molecular formula is C28H34N4O4. The van der Waals surface area contributed by atoms with Crippen LogP contribution in [0.2, 0.25) is 0 Å². The Hall–Kier alpha value is -3.94. The highest BCUT2D eigenvalue weighted by molar-refractivity contribution is 6.42. The molecule has 0 aliphatic carbocycles. The molecule has 0 aliphatic heterocycles. The number of nitrogens with one attached hydrogen (secondary N) is 2. The van der Waals surface area contributed by atoms with Crippen molar-refractivity contribution in [2.45, 2.75) is 59.0 Å². The second-order valence-corrected chi connectivity index (χ2v) is 9.90. The molecule has 0 saturated heterocycles. The molecule has 190 valence electrons. The Labute approximate surface area is 211 Å². The number of nitrogens with zero attached hydrogens (tertiary/aromatic N) is 2. The zero-order valence-corrected chi connectivity index (χ0v) is 21.2. The van der Waals surface area contributed by atoms with Gasteiger partial charge >= 0.3 is 6.09 Å². The van der Waals surface area contributed by atoms with Crippen molar-refractivity contribution >= 4 is 23.6 Å². The smallest absolute Gasteiger partial charge is 0.408 e. The van der Waals surface area contributed by atoms with E-state index in [4.69, 9.17) is 0 Å². The van der Waals surface area contributed by atoms with Gasteiger partial charge in [0.05, 0.1) is 12.2 Å². The van der Waals surface area contributed by atoms with Gasteiger partial charge in [0, 0.05) is 6.07 Å². The number of amides is 2. The van der Waals surface area contributed by atoms with Crippen LogP contribution >= 0.6 is 0 Å². The molecule has 1 aromatic heterocycles. The number of aromatic nitrogens is 2. The zero-order valence-electron chi connectivity index (χ0n) is 21.2. The molecule has 3 N–H and O–H groups in total. The summed E-state index contributed by atoms with van der Waals surface area (Å²) in [6, 6.07) is 17.2. The van der Waals surface area contributed by atoms with E-state index < -0.39 is 35.3 Å². The van der Waals surface area contributed by atoms with E-state index in [9.17, 15) is 19.5 Å². The second-order valence-electron chi connectivity index (χ2n) is 9.90. The van der Waals surface area contributed by atoms with Crippen LogP contribution in [0.1, 0.15) is 58.6 Å². The Morgan fingerprint density at radius 2 is 1.72 bits per heavy atom. The van der Waals surface area contributed by atoms with Crippen LogP contribution in [0.5, 0.6) is 0 Å². The lowest BCUT2D eigenvalue weighted by Crippen LogP contribution is -2.52. The summed E-state index contributed by atoms with van der Waals surface area (Å²) in [5.74, 6) is -1.40. The van der Waals surface area contributed by atoms with E-state index in [1.807, 2.05) is 82.3 Å². The summed E-state index contributed by atoms with van der Waals surface area (Å²) in [4.78, 5) is 40.2. The number of hydrogen-bond acceptors (Lipinski definition) is 4. The lowest BCUT2D eigenvalue weighted by Gasteiger charge is -2.42. The van der Waals surface area contributed by atoms with Gasteiger partial charge in [0.1, 0.15) is 11.9 Å². The molecule has 0 unspecified atom stereocenters. The number of Topliss-reactive ketones (excluding diaryl/α,β-unsaturated/α-hetero) is 1. The number of carbonyl (C=O) groups excluding carboxylic acids is 2. The monoisotopic (exact) mass is 490 g/mol. The number of ketones is 1. The normalized spacial score (nSPS) is 13.0. The van der Waals surface area contributed by atoms with Gasteiger partial charge in [0.2, 0.25) is 5.78 Å². The lowest BCUT2D eigenvalue weighted by molar-refractivity contribution is -0.139. The van der Waals surface area contributed by atoms with Crippen LogP contribution in [0.3, 0.4) is 0 Å². The van der Waals surface area contributed by atoms with Crippen LogP contribution in [-0.4, -0.2) is 44.0 Å². The largest absolute Gasteiger partial charge is 0.465 e. The molecule has 0 spiro atoms. The molecule has 1 heterocycles. The average Bonchev–Trinajstić information content (AvgIpc) is 3.36. The van der Waals surface area contributed by atoms with E-state index in [2.05, 4.69) is 15.5 Å². The van der Waals surface area contributed by atoms with Crippen molar-refractivity contribution in [1.29, 1.82) is 0 Å². The minimum atomic E-state index is -1.25. The van der Waals surface area contributed by atoms with Gasteiger partial charge in [-0.2, -0.15) is 5.10 Å². The van der Waals surface area contributed by atoms with Crippen LogP contribution in [0.4, 0.5) is 10.6 Å². The molecule has 0 radical (unpaired) electrons. The summed E-state index contributed by atoms with van der Waals surface area (Å²) >= 11 is 0. The third-order valence-corrected chi connectivity index (χ3v) is 6.07. The molecule has 3 aromatic rings. The molecular weight excluding hydrogens is 456 g/mol. The fourth-order valence-corrected chi connectivity index (χ4v) is 4.48. The summed E-state index contributed by atoms with van der Waals surface area (Å²) in [6.45, 7) is 7.78. The van der Waals surface area contributed by atoms with Gasteiger partial charge in [-0.1, -0.05) is 89.1 Å². The number of carbonyl (C=O) groups is 3. The van der Waals surface area contributed by atoms with Crippen molar-refractivity contribution in [3.63, 3.8) is 0 Å². The highest BCUT2D eigenvalue weighted by Gasteiger charge is 2.43. The predicted molar refractivity (Wildman–Crippen MR) is 139 cm³/mol. The van der Waals surface area contributed by atoms with Crippen LogP contribution in [0.25, 0.3) is 11.1 Å². The number of aromatic amines is 1. The summed E-state index contributed by atoms with van der Waals surface area (Å²) in [5, 5.41) is 19.3. The zero-order chi connectivity index (χ0) is 26.3. The number of benzene rings is 2. The summed E-state index contributed by atoms with van der Waals surface area (Å²) in [6.07, 6.45) is 1.79. The molecule has 0 bridgehead atoms. The predicted octanol–water partition coefficient (Wildman–Crippen LogP) is 5.91. The lowest BCUT2D eigenvalue weighted by atomic mass is 9.79. The third kappa shape index (κ3) is 6.38. The Balaban J connectivity index is 2.05. The molecule has 36 heavy (non-hydrogen) atoms. The van der Waals surface area contributed by atoms with Gasteiger partial charge in [-0.15, -0.1) is 0 Å². The first-order chi connectivity index (χ1) is 17.1. The minimum absolute atomic E-state index is 0.239.